The number of hydrogen-bond donors (Lipinski definition) is 2. The number of carbonyl (C=O) groups excluding carboxylic acids is 1. The molecule has 1 heterocycles. The largest absolute Gasteiger partial charge is 0.353 e. The standard InChI is InChI=1S/C12H22N4O/c1-8(2)14-12(17)10(4)15-9(3)11-6-7-13-16(11)5/h6-10,15H,1-5H3,(H,14,17). The van der Waals surface area contributed by atoms with Gasteiger partial charge in [-0.25, -0.2) is 0 Å². The SMILES string of the molecule is CC(C)NC(=O)C(C)NC(C)c1ccnn1C. The first kappa shape index (κ1) is 13.7. The van der Waals surface area contributed by atoms with Gasteiger partial charge >= 0.3 is 0 Å². The predicted molar refractivity (Wildman–Crippen MR) is 67.5 cm³/mol. The summed E-state index contributed by atoms with van der Waals surface area (Å²) in [6, 6.07) is 1.99. The molecule has 0 aromatic carbocycles. The van der Waals surface area contributed by atoms with Crippen molar-refractivity contribution in [2.75, 3.05) is 0 Å². The van der Waals surface area contributed by atoms with Gasteiger partial charge in [0.15, 0.2) is 0 Å². The Morgan fingerprint density at radius 1 is 1.35 bits per heavy atom. The molecule has 0 bridgehead atoms. The molecule has 0 aliphatic carbocycles. The number of nitrogens with one attached hydrogen (secondary N) is 2. The summed E-state index contributed by atoms with van der Waals surface area (Å²) in [6.45, 7) is 7.80. The van der Waals surface area contributed by atoms with Gasteiger partial charge in [0.25, 0.3) is 0 Å². The lowest BCUT2D eigenvalue weighted by Gasteiger charge is -2.20. The fraction of sp³-hybridized carbons (Fsp3) is 0.667. The molecule has 2 N–H and O–H groups in total. The summed E-state index contributed by atoms with van der Waals surface area (Å²) in [4.78, 5) is 11.7. The zero-order valence-electron chi connectivity index (χ0n) is 11.2. The van der Waals surface area contributed by atoms with E-state index in [9.17, 15) is 4.79 Å². The second-order valence-corrected chi connectivity index (χ2v) is 4.65. The zero-order valence-corrected chi connectivity index (χ0v) is 11.2. The van der Waals surface area contributed by atoms with E-state index >= 15 is 0 Å². The Morgan fingerprint density at radius 2 is 2.00 bits per heavy atom. The van der Waals surface area contributed by atoms with Gasteiger partial charge in [0.05, 0.1) is 11.7 Å². The first-order valence-electron chi connectivity index (χ1n) is 5.96. The smallest absolute Gasteiger partial charge is 0.237 e. The van der Waals surface area contributed by atoms with E-state index in [0.29, 0.717) is 0 Å². The van der Waals surface area contributed by atoms with Crippen LogP contribution in [0, 0.1) is 0 Å². The lowest BCUT2D eigenvalue weighted by Crippen LogP contribution is -2.45. The van der Waals surface area contributed by atoms with Crippen LogP contribution in [-0.2, 0) is 11.8 Å². The van der Waals surface area contributed by atoms with E-state index in [1.807, 2.05) is 45.5 Å². The number of nitrogens with zero attached hydrogens (tertiary/aromatic N) is 2. The third-order valence-electron chi connectivity index (χ3n) is 2.63. The van der Waals surface area contributed by atoms with Gasteiger partial charge in [-0.15, -0.1) is 0 Å². The van der Waals surface area contributed by atoms with Gasteiger partial charge in [0, 0.05) is 25.3 Å². The summed E-state index contributed by atoms with van der Waals surface area (Å²) in [5, 5.41) is 10.3. The lowest BCUT2D eigenvalue weighted by molar-refractivity contribution is -0.123. The molecule has 0 saturated carbocycles. The molecule has 0 aliphatic rings. The van der Waals surface area contributed by atoms with E-state index in [0.717, 1.165) is 5.69 Å². The first-order valence-corrected chi connectivity index (χ1v) is 5.96. The molecule has 17 heavy (non-hydrogen) atoms. The highest BCUT2D eigenvalue weighted by Crippen LogP contribution is 2.10. The van der Waals surface area contributed by atoms with Gasteiger partial charge in [0.1, 0.15) is 0 Å². The van der Waals surface area contributed by atoms with Gasteiger partial charge in [-0.3, -0.25) is 14.8 Å². The molecule has 0 fully saturated rings. The van der Waals surface area contributed by atoms with E-state index in [1.54, 1.807) is 6.20 Å². The number of carbonyl (C=O) groups is 1. The van der Waals surface area contributed by atoms with Crippen molar-refractivity contribution in [3.63, 3.8) is 0 Å². The summed E-state index contributed by atoms with van der Waals surface area (Å²) < 4.78 is 1.81. The Bertz CT molecular complexity index is 372. The molecule has 0 radical (unpaired) electrons. The van der Waals surface area contributed by atoms with Crippen LogP contribution in [-0.4, -0.2) is 27.8 Å². The van der Waals surface area contributed by atoms with Crippen LogP contribution < -0.4 is 10.6 Å². The van der Waals surface area contributed by atoms with Crippen LogP contribution in [0.15, 0.2) is 12.3 Å². The van der Waals surface area contributed by atoms with Crippen molar-refractivity contribution in [2.45, 2.75) is 45.8 Å². The van der Waals surface area contributed by atoms with Crippen LogP contribution in [0.1, 0.15) is 39.4 Å². The molecule has 2 unspecified atom stereocenters. The Labute approximate surface area is 103 Å². The number of hydrogen-bond acceptors (Lipinski definition) is 3. The minimum atomic E-state index is -0.220. The summed E-state index contributed by atoms with van der Waals surface area (Å²) >= 11 is 0. The Kier molecular flexibility index (Phi) is 4.69. The van der Waals surface area contributed by atoms with E-state index in [-0.39, 0.29) is 24.0 Å². The van der Waals surface area contributed by atoms with Crippen molar-refractivity contribution in [1.29, 1.82) is 0 Å². The summed E-state index contributed by atoms with van der Waals surface area (Å²) in [6.07, 6.45) is 1.76. The summed E-state index contributed by atoms with van der Waals surface area (Å²) in [5.74, 6) is 0.0222. The highest BCUT2D eigenvalue weighted by molar-refractivity contribution is 5.81. The predicted octanol–water partition coefficient (Wildman–Crippen LogP) is 0.984. The molecular formula is C12H22N4O. The van der Waals surface area contributed by atoms with Gasteiger partial charge in [-0.2, -0.15) is 5.10 Å². The van der Waals surface area contributed by atoms with Gasteiger partial charge < -0.3 is 5.32 Å². The Morgan fingerprint density at radius 3 is 2.47 bits per heavy atom. The highest BCUT2D eigenvalue weighted by Gasteiger charge is 2.18. The number of amides is 1. The van der Waals surface area contributed by atoms with Gasteiger partial charge in [0.2, 0.25) is 5.91 Å². The first-order chi connectivity index (χ1) is 7.91. The van der Waals surface area contributed by atoms with E-state index < -0.39 is 0 Å². The van der Waals surface area contributed by atoms with E-state index in [4.69, 9.17) is 0 Å². The fourth-order valence-corrected chi connectivity index (χ4v) is 1.75. The van der Waals surface area contributed by atoms with Crippen molar-refractivity contribution >= 4 is 5.91 Å². The van der Waals surface area contributed by atoms with Crippen LogP contribution in [0.4, 0.5) is 0 Å². The normalized spacial score (nSPS) is 14.7. The second-order valence-electron chi connectivity index (χ2n) is 4.65. The van der Waals surface area contributed by atoms with Gasteiger partial charge in [-0.1, -0.05) is 0 Å². The minimum Gasteiger partial charge on any atom is -0.353 e. The Balaban J connectivity index is 2.54. The maximum absolute atomic E-state index is 11.7. The molecular weight excluding hydrogens is 216 g/mol. The third kappa shape index (κ3) is 3.85. The maximum Gasteiger partial charge on any atom is 0.237 e. The second kappa shape index (κ2) is 5.82. The molecule has 0 spiro atoms. The molecule has 2 atom stereocenters. The molecule has 1 aromatic heterocycles. The lowest BCUT2D eigenvalue weighted by atomic mass is 10.2. The average molecular weight is 238 g/mol. The molecule has 1 amide bonds. The quantitative estimate of drug-likeness (QED) is 0.804. The van der Waals surface area contributed by atoms with Crippen LogP contribution >= 0.6 is 0 Å². The highest BCUT2D eigenvalue weighted by atomic mass is 16.2. The molecule has 96 valence electrons. The van der Waals surface area contributed by atoms with Gasteiger partial charge in [-0.05, 0) is 33.8 Å². The average Bonchev–Trinajstić information content (AvgIpc) is 2.63. The molecule has 0 aliphatic heterocycles. The third-order valence-corrected chi connectivity index (χ3v) is 2.63. The molecule has 5 nitrogen and oxygen atoms in total. The number of aromatic nitrogens is 2. The topological polar surface area (TPSA) is 59.0 Å². The van der Waals surface area contributed by atoms with Crippen molar-refractivity contribution in [3.05, 3.63) is 18.0 Å². The number of rotatable bonds is 5. The van der Waals surface area contributed by atoms with Crippen molar-refractivity contribution < 1.29 is 4.79 Å². The minimum absolute atomic E-state index is 0.0222. The van der Waals surface area contributed by atoms with Crippen LogP contribution in [0.2, 0.25) is 0 Å². The van der Waals surface area contributed by atoms with Crippen molar-refractivity contribution in [1.82, 2.24) is 20.4 Å². The Hall–Kier alpha value is -1.36. The fourth-order valence-electron chi connectivity index (χ4n) is 1.75. The van der Waals surface area contributed by atoms with E-state index in [1.165, 1.54) is 0 Å². The maximum atomic E-state index is 11.7. The van der Waals surface area contributed by atoms with Crippen LogP contribution in [0.5, 0.6) is 0 Å². The van der Waals surface area contributed by atoms with Crippen LogP contribution in [0.3, 0.4) is 0 Å². The molecule has 1 rings (SSSR count). The van der Waals surface area contributed by atoms with Crippen LogP contribution in [0.25, 0.3) is 0 Å². The monoisotopic (exact) mass is 238 g/mol. The number of aryl methyl sites for hydroxylation is 1. The zero-order chi connectivity index (χ0) is 13.0. The molecule has 0 saturated heterocycles. The van der Waals surface area contributed by atoms with E-state index in [2.05, 4.69) is 15.7 Å². The summed E-state index contributed by atoms with van der Waals surface area (Å²) in [5.41, 5.74) is 1.06. The molecule has 1 aromatic rings. The molecule has 5 heteroatoms. The van der Waals surface area contributed by atoms with Crippen molar-refractivity contribution in [2.24, 2.45) is 7.05 Å². The van der Waals surface area contributed by atoms with Crippen molar-refractivity contribution in [3.8, 4) is 0 Å². The summed E-state index contributed by atoms with van der Waals surface area (Å²) in [7, 11) is 1.90.